The molecular formula is C19H29N3O2S. The van der Waals surface area contributed by atoms with Gasteiger partial charge in [0, 0.05) is 18.0 Å². The lowest BCUT2D eigenvalue weighted by Crippen LogP contribution is -2.38. The fourth-order valence-electron chi connectivity index (χ4n) is 4.49. The van der Waals surface area contributed by atoms with E-state index in [2.05, 4.69) is 5.32 Å². The van der Waals surface area contributed by atoms with Gasteiger partial charge in [-0.3, -0.25) is 4.79 Å². The Labute approximate surface area is 154 Å². The topological polar surface area (TPSA) is 75.4 Å². The van der Waals surface area contributed by atoms with Gasteiger partial charge in [-0.2, -0.15) is 0 Å². The molecule has 1 aromatic rings. The molecule has 0 bridgehead atoms. The first-order chi connectivity index (χ1) is 12.1. The van der Waals surface area contributed by atoms with E-state index in [1.54, 1.807) is 11.3 Å². The number of nitrogens with zero attached hydrogens (tertiary/aromatic N) is 1. The van der Waals surface area contributed by atoms with Gasteiger partial charge in [-0.1, -0.05) is 25.3 Å². The highest BCUT2D eigenvalue weighted by atomic mass is 32.1. The summed E-state index contributed by atoms with van der Waals surface area (Å²) in [6.45, 7) is 1.70. The number of carbonyl (C=O) groups is 2. The Morgan fingerprint density at radius 3 is 2.60 bits per heavy atom. The van der Waals surface area contributed by atoms with Crippen molar-refractivity contribution in [3.05, 3.63) is 22.4 Å². The number of rotatable bonds is 4. The third-order valence-corrected chi connectivity index (χ3v) is 6.88. The molecule has 1 unspecified atom stereocenters. The molecule has 25 heavy (non-hydrogen) atoms. The van der Waals surface area contributed by atoms with E-state index in [9.17, 15) is 9.59 Å². The van der Waals surface area contributed by atoms with E-state index in [4.69, 9.17) is 5.73 Å². The number of primary amides is 1. The fourth-order valence-corrected chi connectivity index (χ4v) is 5.27. The summed E-state index contributed by atoms with van der Waals surface area (Å²) in [7, 11) is 0. The number of nitrogens with two attached hydrogens (primary N) is 1. The fraction of sp³-hybridized carbons (Fsp3) is 0.684. The van der Waals surface area contributed by atoms with Crippen molar-refractivity contribution in [1.29, 1.82) is 0 Å². The summed E-state index contributed by atoms with van der Waals surface area (Å²) < 4.78 is 0. The first-order valence-electron chi connectivity index (χ1n) is 9.45. The molecule has 138 valence electrons. The summed E-state index contributed by atoms with van der Waals surface area (Å²) in [6, 6.07) is 2.97. The zero-order valence-electron chi connectivity index (χ0n) is 14.8. The number of nitrogens with one attached hydrogen (secondary N) is 1. The summed E-state index contributed by atoms with van der Waals surface area (Å²) in [5.41, 5.74) is 5.78. The van der Waals surface area contributed by atoms with Gasteiger partial charge in [0.1, 0.15) is 0 Å². The van der Waals surface area contributed by atoms with Crippen LogP contribution in [0.4, 0.5) is 4.79 Å². The van der Waals surface area contributed by atoms with Crippen LogP contribution in [0.15, 0.2) is 17.5 Å². The second kappa shape index (κ2) is 8.21. The van der Waals surface area contributed by atoms with Gasteiger partial charge in [0.15, 0.2) is 0 Å². The Balaban J connectivity index is 1.60. The van der Waals surface area contributed by atoms with E-state index >= 15 is 0 Å². The molecule has 1 aliphatic carbocycles. The normalized spacial score (nSPS) is 21.5. The number of hydrogen-bond acceptors (Lipinski definition) is 3. The molecule has 0 aromatic carbocycles. The smallest absolute Gasteiger partial charge is 0.312 e. The van der Waals surface area contributed by atoms with Crippen molar-refractivity contribution in [1.82, 2.24) is 10.2 Å². The number of amides is 3. The third-order valence-electron chi connectivity index (χ3n) is 5.90. The lowest BCUT2D eigenvalue weighted by atomic mass is 9.69. The zero-order chi connectivity index (χ0) is 17.7. The number of thiophene rings is 1. The van der Waals surface area contributed by atoms with Gasteiger partial charge < -0.3 is 16.0 Å². The maximum atomic E-state index is 12.8. The lowest BCUT2D eigenvalue weighted by molar-refractivity contribution is -0.131. The van der Waals surface area contributed by atoms with Crippen LogP contribution in [0, 0.1) is 5.41 Å². The first kappa shape index (κ1) is 18.2. The van der Waals surface area contributed by atoms with Crippen LogP contribution in [-0.4, -0.2) is 29.9 Å². The molecular weight excluding hydrogens is 334 g/mol. The average molecular weight is 364 g/mol. The minimum Gasteiger partial charge on any atom is -0.352 e. The van der Waals surface area contributed by atoms with E-state index in [0.717, 1.165) is 30.8 Å². The highest BCUT2D eigenvalue weighted by Crippen LogP contribution is 2.44. The third kappa shape index (κ3) is 4.75. The quantitative estimate of drug-likeness (QED) is 0.853. The summed E-state index contributed by atoms with van der Waals surface area (Å²) >= 11 is 1.54. The molecule has 5 nitrogen and oxygen atoms in total. The molecule has 2 heterocycles. The van der Waals surface area contributed by atoms with Crippen LogP contribution in [0.5, 0.6) is 0 Å². The van der Waals surface area contributed by atoms with Crippen molar-refractivity contribution >= 4 is 23.3 Å². The maximum Gasteiger partial charge on any atom is 0.312 e. The van der Waals surface area contributed by atoms with Crippen LogP contribution in [0.1, 0.15) is 68.7 Å². The molecule has 1 saturated heterocycles. The predicted molar refractivity (Wildman–Crippen MR) is 100 cm³/mol. The molecule has 3 amide bonds. The summed E-state index contributed by atoms with van der Waals surface area (Å²) in [4.78, 5) is 27.1. The van der Waals surface area contributed by atoms with Crippen LogP contribution in [0.25, 0.3) is 0 Å². The number of hydrogen-bond donors (Lipinski definition) is 2. The molecule has 1 aliphatic heterocycles. The Morgan fingerprint density at radius 2 is 1.92 bits per heavy atom. The molecule has 0 radical (unpaired) electrons. The van der Waals surface area contributed by atoms with E-state index in [0.29, 0.717) is 5.41 Å². The van der Waals surface area contributed by atoms with Crippen LogP contribution in [-0.2, 0) is 4.79 Å². The standard InChI is InChI=1S/C19H29N3O2S/c20-18(24)21-15(16-6-4-13-25-16)14-17(23)22-11-5-9-19(10-12-22)7-2-1-3-8-19/h4,6,13,15H,1-3,5,7-12,14H2,(H3,20,21,24). The predicted octanol–water partition coefficient (Wildman–Crippen LogP) is 3.81. The van der Waals surface area contributed by atoms with Crippen LogP contribution in [0.3, 0.4) is 0 Å². The molecule has 1 atom stereocenters. The van der Waals surface area contributed by atoms with Crippen molar-refractivity contribution in [2.75, 3.05) is 13.1 Å². The number of likely N-dealkylation sites (tertiary alicyclic amines) is 1. The van der Waals surface area contributed by atoms with Gasteiger partial charge in [-0.15, -0.1) is 11.3 Å². The molecule has 2 fully saturated rings. The minimum atomic E-state index is -0.580. The Bertz CT molecular complexity index is 581. The molecule has 6 heteroatoms. The monoisotopic (exact) mass is 363 g/mol. The van der Waals surface area contributed by atoms with Gasteiger partial charge >= 0.3 is 6.03 Å². The second-order valence-electron chi connectivity index (χ2n) is 7.58. The lowest BCUT2D eigenvalue weighted by Gasteiger charge is -2.36. The molecule has 3 rings (SSSR count). The SMILES string of the molecule is NC(=O)NC(CC(=O)N1CCCC2(CCCCC2)CC1)c1cccs1. The molecule has 3 N–H and O–H groups in total. The number of urea groups is 1. The van der Waals surface area contributed by atoms with Gasteiger partial charge in [0.2, 0.25) is 5.91 Å². The van der Waals surface area contributed by atoms with Gasteiger partial charge in [-0.05, 0) is 49.0 Å². The van der Waals surface area contributed by atoms with E-state index in [1.807, 2.05) is 22.4 Å². The molecule has 2 aliphatic rings. The van der Waals surface area contributed by atoms with E-state index < -0.39 is 6.03 Å². The summed E-state index contributed by atoms with van der Waals surface area (Å²) in [5.74, 6) is 0.125. The largest absolute Gasteiger partial charge is 0.352 e. The highest BCUT2D eigenvalue weighted by Gasteiger charge is 2.35. The molecule has 1 spiro atoms. The Morgan fingerprint density at radius 1 is 1.16 bits per heavy atom. The average Bonchev–Trinajstić information content (AvgIpc) is 3.05. The summed E-state index contributed by atoms with van der Waals surface area (Å²) in [6.07, 6.45) is 10.5. The van der Waals surface area contributed by atoms with Crippen LogP contribution < -0.4 is 11.1 Å². The second-order valence-corrected chi connectivity index (χ2v) is 8.55. The highest BCUT2D eigenvalue weighted by molar-refractivity contribution is 7.10. The van der Waals surface area contributed by atoms with Crippen LogP contribution in [0.2, 0.25) is 0 Å². The summed E-state index contributed by atoms with van der Waals surface area (Å²) in [5, 5.41) is 4.68. The minimum absolute atomic E-state index is 0.125. The molecule has 1 aromatic heterocycles. The number of carbonyl (C=O) groups excluding carboxylic acids is 2. The molecule has 1 saturated carbocycles. The Kier molecular flexibility index (Phi) is 5.99. The van der Waals surface area contributed by atoms with Gasteiger partial charge in [0.25, 0.3) is 0 Å². The van der Waals surface area contributed by atoms with Crippen molar-refractivity contribution in [2.45, 2.75) is 63.8 Å². The van der Waals surface area contributed by atoms with Crippen molar-refractivity contribution < 1.29 is 9.59 Å². The first-order valence-corrected chi connectivity index (χ1v) is 10.3. The van der Waals surface area contributed by atoms with Gasteiger partial charge in [-0.25, -0.2) is 4.79 Å². The van der Waals surface area contributed by atoms with Crippen LogP contribution >= 0.6 is 11.3 Å². The van der Waals surface area contributed by atoms with Crippen molar-refractivity contribution in [3.8, 4) is 0 Å². The van der Waals surface area contributed by atoms with Crippen molar-refractivity contribution in [2.24, 2.45) is 11.1 Å². The van der Waals surface area contributed by atoms with Crippen molar-refractivity contribution in [3.63, 3.8) is 0 Å². The van der Waals surface area contributed by atoms with E-state index in [1.165, 1.54) is 38.5 Å². The Hall–Kier alpha value is -1.56. The van der Waals surface area contributed by atoms with E-state index in [-0.39, 0.29) is 18.4 Å². The maximum absolute atomic E-state index is 12.8. The zero-order valence-corrected chi connectivity index (χ0v) is 15.7. The van der Waals surface area contributed by atoms with Gasteiger partial charge in [0.05, 0.1) is 12.5 Å².